The number of aryl methyl sites for hydroxylation is 1. The third kappa shape index (κ3) is 1.52. The molecular formula is C12H11N5. The molecule has 0 bridgehead atoms. The number of hydrogen-bond donors (Lipinski definition) is 1. The summed E-state index contributed by atoms with van der Waals surface area (Å²) in [4.78, 5) is 12.9. The van der Waals surface area contributed by atoms with Gasteiger partial charge < -0.3 is 10.3 Å². The van der Waals surface area contributed by atoms with Crippen molar-refractivity contribution >= 4 is 16.7 Å². The number of nitrogen functional groups attached to an aromatic ring is 1. The minimum Gasteiger partial charge on any atom is -0.397 e. The van der Waals surface area contributed by atoms with Crippen molar-refractivity contribution in [2.75, 3.05) is 5.73 Å². The summed E-state index contributed by atoms with van der Waals surface area (Å²) in [5.74, 6) is 0.813. The number of aromatic nitrogens is 4. The van der Waals surface area contributed by atoms with E-state index in [0.717, 1.165) is 22.6 Å². The zero-order valence-electron chi connectivity index (χ0n) is 9.33. The number of pyridine rings is 2. The quantitative estimate of drug-likeness (QED) is 0.683. The Bertz CT molecular complexity index is 669. The zero-order chi connectivity index (χ0) is 11.8. The average molecular weight is 225 g/mol. The Labute approximate surface area is 98.0 Å². The minimum absolute atomic E-state index is 0.647. The highest BCUT2D eigenvalue weighted by atomic mass is 15.1. The Balaban J connectivity index is 2.24. The van der Waals surface area contributed by atoms with Crippen molar-refractivity contribution in [3.63, 3.8) is 0 Å². The van der Waals surface area contributed by atoms with Gasteiger partial charge in [-0.15, -0.1) is 0 Å². The number of nitrogens with two attached hydrogens (primary N) is 1. The molecule has 0 saturated carbocycles. The van der Waals surface area contributed by atoms with Crippen molar-refractivity contribution in [2.45, 2.75) is 0 Å². The van der Waals surface area contributed by atoms with Crippen molar-refractivity contribution in [1.29, 1.82) is 0 Å². The molecule has 84 valence electrons. The molecule has 3 heterocycles. The molecule has 5 heteroatoms. The lowest BCUT2D eigenvalue weighted by Crippen LogP contribution is -1.95. The van der Waals surface area contributed by atoms with Gasteiger partial charge in [0.05, 0.1) is 29.1 Å². The van der Waals surface area contributed by atoms with Crippen LogP contribution in [0.15, 0.2) is 36.8 Å². The number of fused-ring (bicyclic) bond motifs is 1. The van der Waals surface area contributed by atoms with Crippen LogP contribution >= 0.6 is 0 Å². The van der Waals surface area contributed by atoms with Gasteiger partial charge in [-0.2, -0.15) is 0 Å². The van der Waals surface area contributed by atoms with Gasteiger partial charge in [0.1, 0.15) is 5.69 Å². The van der Waals surface area contributed by atoms with Gasteiger partial charge >= 0.3 is 0 Å². The number of rotatable bonds is 1. The molecular weight excluding hydrogens is 214 g/mol. The molecule has 3 aromatic heterocycles. The molecule has 0 aromatic carbocycles. The lowest BCUT2D eigenvalue weighted by Gasteiger charge is -2.01. The fraction of sp³-hybridized carbons (Fsp3) is 0.0833. The normalized spacial score (nSPS) is 10.9. The van der Waals surface area contributed by atoms with Crippen LogP contribution in [-0.2, 0) is 7.05 Å². The molecule has 0 unspecified atom stereocenters. The molecule has 0 radical (unpaired) electrons. The van der Waals surface area contributed by atoms with E-state index in [-0.39, 0.29) is 0 Å². The maximum Gasteiger partial charge on any atom is 0.159 e. The van der Waals surface area contributed by atoms with Gasteiger partial charge in [-0.05, 0) is 18.2 Å². The first-order valence-electron chi connectivity index (χ1n) is 5.24. The van der Waals surface area contributed by atoms with Crippen LogP contribution < -0.4 is 5.73 Å². The SMILES string of the molecule is Cn1c(-c2ccc(N)cn2)nc2ccncc21. The summed E-state index contributed by atoms with van der Waals surface area (Å²) in [5, 5.41) is 0. The predicted molar refractivity (Wildman–Crippen MR) is 66.2 cm³/mol. The molecule has 3 aromatic rings. The molecule has 0 aliphatic heterocycles. The standard InChI is InChI=1S/C12H11N5/c1-17-11-7-14-5-4-9(11)16-12(17)10-3-2-8(13)6-15-10/h2-7H,13H2,1H3. The van der Waals surface area contributed by atoms with Crippen LogP contribution in [0.3, 0.4) is 0 Å². The molecule has 0 fully saturated rings. The van der Waals surface area contributed by atoms with Crippen molar-refractivity contribution in [3.8, 4) is 11.5 Å². The summed E-state index contributed by atoms with van der Waals surface area (Å²) in [6, 6.07) is 5.57. The van der Waals surface area contributed by atoms with Crippen LogP contribution in [0.25, 0.3) is 22.6 Å². The lowest BCUT2D eigenvalue weighted by molar-refractivity contribution is 0.948. The van der Waals surface area contributed by atoms with Crippen LogP contribution in [0.1, 0.15) is 0 Å². The van der Waals surface area contributed by atoms with E-state index < -0.39 is 0 Å². The van der Waals surface area contributed by atoms with Crippen molar-refractivity contribution in [1.82, 2.24) is 19.5 Å². The largest absolute Gasteiger partial charge is 0.397 e. The molecule has 0 amide bonds. The maximum absolute atomic E-state index is 5.62. The van der Waals surface area contributed by atoms with E-state index in [9.17, 15) is 0 Å². The molecule has 3 rings (SSSR count). The molecule has 0 aliphatic rings. The summed E-state index contributed by atoms with van der Waals surface area (Å²) in [6.07, 6.45) is 5.16. The Kier molecular flexibility index (Phi) is 2.04. The monoisotopic (exact) mass is 225 g/mol. The summed E-state index contributed by atoms with van der Waals surface area (Å²) in [6.45, 7) is 0. The van der Waals surface area contributed by atoms with Gasteiger partial charge in [-0.25, -0.2) is 4.98 Å². The van der Waals surface area contributed by atoms with Gasteiger partial charge in [0.25, 0.3) is 0 Å². The topological polar surface area (TPSA) is 69.6 Å². The number of hydrogen-bond acceptors (Lipinski definition) is 4. The third-order valence-corrected chi connectivity index (χ3v) is 2.70. The molecule has 0 atom stereocenters. The first kappa shape index (κ1) is 9.77. The van der Waals surface area contributed by atoms with E-state index in [1.165, 1.54) is 0 Å². The van der Waals surface area contributed by atoms with Crippen molar-refractivity contribution < 1.29 is 0 Å². The minimum atomic E-state index is 0.647. The van der Waals surface area contributed by atoms with Gasteiger partial charge in [0.15, 0.2) is 5.82 Å². The number of anilines is 1. The highest BCUT2D eigenvalue weighted by Crippen LogP contribution is 2.21. The van der Waals surface area contributed by atoms with E-state index in [4.69, 9.17) is 5.73 Å². The zero-order valence-corrected chi connectivity index (χ0v) is 9.33. The number of imidazole rings is 1. The fourth-order valence-corrected chi connectivity index (χ4v) is 1.80. The molecule has 0 aliphatic carbocycles. The van der Waals surface area contributed by atoms with Gasteiger partial charge in [0, 0.05) is 13.2 Å². The molecule has 0 saturated heterocycles. The predicted octanol–water partition coefficient (Wildman–Crippen LogP) is 1.61. The van der Waals surface area contributed by atoms with Crippen molar-refractivity contribution in [2.24, 2.45) is 7.05 Å². The smallest absolute Gasteiger partial charge is 0.159 e. The van der Waals surface area contributed by atoms with Crippen LogP contribution in [0.5, 0.6) is 0 Å². The highest BCUT2D eigenvalue weighted by Gasteiger charge is 2.10. The Morgan fingerprint density at radius 3 is 2.76 bits per heavy atom. The second-order valence-corrected chi connectivity index (χ2v) is 3.84. The third-order valence-electron chi connectivity index (χ3n) is 2.70. The Morgan fingerprint density at radius 2 is 2.06 bits per heavy atom. The Hall–Kier alpha value is -2.43. The summed E-state index contributed by atoms with van der Waals surface area (Å²) in [7, 11) is 1.95. The summed E-state index contributed by atoms with van der Waals surface area (Å²) >= 11 is 0. The first-order valence-corrected chi connectivity index (χ1v) is 5.24. The van der Waals surface area contributed by atoms with E-state index in [1.54, 1.807) is 18.6 Å². The van der Waals surface area contributed by atoms with Crippen LogP contribution in [-0.4, -0.2) is 19.5 Å². The average Bonchev–Trinajstić information content (AvgIpc) is 2.69. The second-order valence-electron chi connectivity index (χ2n) is 3.84. The van der Waals surface area contributed by atoms with E-state index >= 15 is 0 Å². The fourth-order valence-electron chi connectivity index (χ4n) is 1.80. The maximum atomic E-state index is 5.62. The van der Waals surface area contributed by atoms with Crippen LogP contribution in [0.2, 0.25) is 0 Å². The van der Waals surface area contributed by atoms with Gasteiger partial charge in [0.2, 0.25) is 0 Å². The van der Waals surface area contributed by atoms with E-state index in [2.05, 4.69) is 15.0 Å². The van der Waals surface area contributed by atoms with Gasteiger partial charge in [-0.1, -0.05) is 0 Å². The van der Waals surface area contributed by atoms with Gasteiger partial charge in [-0.3, -0.25) is 9.97 Å². The van der Waals surface area contributed by atoms with Crippen LogP contribution in [0, 0.1) is 0 Å². The summed E-state index contributed by atoms with van der Waals surface area (Å²) < 4.78 is 1.97. The first-order chi connectivity index (χ1) is 8.25. The number of nitrogens with zero attached hydrogens (tertiary/aromatic N) is 4. The second kappa shape index (κ2) is 3.55. The lowest BCUT2D eigenvalue weighted by atomic mass is 10.3. The van der Waals surface area contributed by atoms with E-state index in [1.807, 2.05) is 29.8 Å². The summed E-state index contributed by atoms with van der Waals surface area (Å²) in [5.41, 5.74) is 8.97. The molecule has 17 heavy (non-hydrogen) atoms. The van der Waals surface area contributed by atoms with Crippen molar-refractivity contribution in [3.05, 3.63) is 36.8 Å². The van der Waals surface area contributed by atoms with Crippen LogP contribution in [0.4, 0.5) is 5.69 Å². The molecule has 2 N–H and O–H groups in total. The Morgan fingerprint density at radius 1 is 1.18 bits per heavy atom. The molecule has 0 spiro atoms. The highest BCUT2D eigenvalue weighted by molar-refractivity contribution is 5.78. The molecule has 5 nitrogen and oxygen atoms in total. The van der Waals surface area contributed by atoms with E-state index in [0.29, 0.717) is 5.69 Å².